The van der Waals surface area contributed by atoms with Crippen molar-refractivity contribution in [2.24, 2.45) is 11.8 Å². The SMILES string of the molecule is CCNC(CCC(F)(F)F)C1C(C)OC(C)C1C. The molecule has 0 aromatic rings. The molecule has 1 heterocycles. The molecule has 1 aliphatic rings. The van der Waals surface area contributed by atoms with Crippen LogP contribution in [0.5, 0.6) is 0 Å². The Balaban J connectivity index is 2.66. The maximum atomic E-state index is 12.4. The summed E-state index contributed by atoms with van der Waals surface area (Å²) in [6, 6.07) is -0.119. The molecular formula is C13H24F3NO. The molecule has 1 rings (SSSR count). The van der Waals surface area contributed by atoms with Crippen molar-refractivity contribution in [3.05, 3.63) is 0 Å². The van der Waals surface area contributed by atoms with Gasteiger partial charge in [-0.3, -0.25) is 0 Å². The minimum atomic E-state index is -4.08. The van der Waals surface area contributed by atoms with Crippen LogP contribution in [0.1, 0.15) is 40.5 Å². The van der Waals surface area contributed by atoms with Gasteiger partial charge in [0, 0.05) is 18.4 Å². The zero-order valence-corrected chi connectivity index (χ0v) is 11.6. The zero-order chi connectivity index (χ0) is 13.9. The zero-order valence-electron chi connectivity index (χ0n) is 11.6. The molecule has 18 heavy (non-hydrogen) atoms. The first-order valence-corrected chi connectivity index (χ1v) is 6.71. The van der Waals surface area contributed by atoms with Gasteiger partial charge >= 0.3 is 6.18 Å². The third kappa shape index (κ3) is 4.12. The van der Waals surface area contributed by atoms with Gasteiger partial charge in [-0.15, -0.1) is 0 Å². The summed E-state index contributed by atoms with van der Waals surface area (Å²) >= 11 is 0. The normalized spacial score (nSPS) is 34.8. The van der Waals surface area contributed by atoms with Gasteiger partial charge in [-0.25, -0.2) is 0 Å². The van der Waals surface area contributed by atoms with E-state index in [1.807, 2.05) is 20.8 Å². The first-order chi connectivity index (χ1) is 8.26. The highest BCUT2D eigenvalue weighted by atomic mass is 19.4. The molecule has 0 bridgehead atoms. The maximum Gasteiger partial charge on any atom is 0.389 e. The van der Waals surface area contributed by atoms with Gasteiger partial charge in [-0.1, -0.05) is 13.8 Å². The number of alkyl halides is 3. The summed E-state index contributed by atoms with van der Waals surface area (Å²) in [5, 5.41) is 3.20. The van der Waals surface area contributed by atoms with Crippen LogP contribution in [-0.2, 0) is 4.74 Å². The number of rotatable bonds is 5. The van der Waals surface area contributed by atoms with Crippen molar-refractivity contribution in [2.75, 3.05) is 6.54 Å². The van der Waals surface area contributed by atoms with Crippen LogP contribution in [0.3, 0.4) is 0 Å². The van der Waals surface area contributed by atoms with Crippen LogP contribution in [0.4, 0.5) is 13.2 Å². The van der Waals surface area contributed by atoms with Crippen molar-refractivity contribution in [3.63, 3.8) is 0 Å². The Labute approximate surface area is 107 Å². The lowest BCUT2D eigenvalue weighted by atomic mass is 9.81. The lowest BCUT2D eigenvalue weighted by Gasteiger charge is -2.30. The standard InChI is InChI=1S/C13H24F3NO/c1-5-17-11(6-7-13(14,15)16)12-8(2)9(3)18-10(12)4/h8-12,17H,5-7H2,1-4H3. The summed E-state index contributed by atoms with van der Waals surface area (Å²) in [6.07, 6.45) is -4.53. The summed E-state index contributed by atoms with van der Waals surface area (Å²) in [5.41, 5.74) is 0. The van der Waals surface area contributed by atoms with Gasteiger partial charge in [0.1, 0.15) is 0 Å². The van der Waals surface area contributed by atoms with Crippen LogP contribution < -0.4 is 5.32 Å². The molecule has 0 radical (unpaired) electrons. The van der Waals surface area contributed by atoms with E-state index in [2.05, 4.69) is 12.2 Å². The average Bonchev–Trinajstić information content (AvgIpc) is 2.48. The van der Waals surface area contributed by atoms with Crippen LogP contribution in [0.25, 0.3) is 0 Å². The highest BCUT2D eigenvalue weighted by Gasteiger charge is 2.42. The molecule has 5 unspecified atom stereocenters. The molecule has 2 nitrogen and oxygen atoms in total. The highest BCUT2D eigenvalue weighted by Crippen LogP contribution is 2.37. The minimum absolute atomic E-state index is 0.0206. The second-order valence-corrected chi connectivity index (χ2v) is 5.30. The smallest absolute Gasteiger partial charge is 0.375 e. The molecule has 0 amide bonds. The Bertz CT molecular complexity index is 257. The Morgan fingerprint density at radius 3 is 2.17 bits per heavy atom. The van der Waals surface area contributed by atoms with Crippen molar-refractivity contribution in [1.82, 2.24) is 5.32 Å². The highest BCUT2D eigenvalue weighted by molar-refractivity contribution is 4.91. The van der Waals surface area contributed by atoms with Gasteiger partial charge in [0.05, 0.1) is 12.2 Å². The van der Waals surface area contributed by atoms with Gasteiger partial charge in [-0.05, 0) is 32.7 Å². The number of nitrogens with one attached hydrogen (secondary N) is 1. The van der Waals surface area contributed by atoms with Gasteiger partial charge < -0.3 is 10.1 Å². The van der Waals surface area contributed by atoms with Crippen molar-refractivity contribution in [2.45, 2.75) is 65.0 Å². The Kier molecular flexibility index (Phi) is 5.46. The van der Waals surface area contributed by atoms with Crippen LogP contribution in [-0.4, -0.2) is 31.0 Å². The van der Waals surface area contributed by atoms with Crippen molar-refractivity contribution < 1.29 is 17.9 Å². The van der Waals surface area contributed by atoms with E-state index in [-0.39, 0.29) is 36.5 Å². The van der Waals surface area contributed by atoms with E-state index in [0.717, 1.165) is 0 Å². The molecule has 0 aromatic heterocycles. The number of hydrogen-bond donors (Lipinski definition) is 1. The molecule has 0 aromatic carbocycles. The fourth-order valence-corrected chi connectivity index (χ4v) is 3.00. The summed E-state index contributed by atoms with van der Waals surface area (Å²) < 4.78 is 42.8. The number of halogens is 3. The first kappa shape index (κ1) is 15.8. The van der Waals surface area contributed by atoms with Crippen LogP contribution in [0.15, 0.2) is 0 Å². The number of ether oxygens (including phenoxy) is 1. The minimum Gasteiger partial charge on any atom is -0.375 e. The molecule has 1 fully saturated rings. The quantitative estimate of drug-likeness (QED) is 0.824. The lowest BCUT2D eigenvalue weighted by Crippen LogP contribution is -2.42. The predicted octanol–water partition coefficient (Wildman–Crippen LogP) is 3.37. The fraction of sp³-hybridized carbons (Fsp3) is 1.00. The van der Waals surface area contributed by atoms with Gasteiger partial charge in [0.15, 0.2) is 0 Å². The van der Waals surface area contributed by atoms with E-state index < -0.39 is 12.6 Å². The molecule has 108 valence electrons. The predicted molar refractivity (Wildman–Crippen MR) is 65.4 cm³/mol. The summed E-state index contributed by atoms with van der Waals surface area (Å²) in [5.74, 6) is 0.444. The molecule has 0 saturated carbocycles. The van der Waals surface area contributed by atoms with Crippen molar-refractivity contribution in [3.8, 4) is 0 Å². The fourth-order valence-electron chi connectivity index (χ4n) is 3.00. The van der Waals surface area contributed by atoms with Gasteiger partial charge in [0.25, 0.3) is 0 Å². The summed E-state index contributed by atoms with van der Waals surface area (Å²) in [6.45, 7) is 8.63. The van der Waals surface area contributed by atoms with E-state index >= 15 is 0 Å². The molecule has 1 N–H and O–H groups in total. The Morgan fingerprint density at radius 1 is 1.17 bits per heavy atom. The first-order valence-electron chi connectivity index (χ1n) is 6.71. The molecule has 0 aliphatic carbocycles. The number of hydrogen-bond acceptors (Lipinski definition) is 2. The van der Waals surface area contributed by atoms with E-state index in [1.165, 1.54) is 0 Å². The molecule has 0 spiro atoms. The lowest BCUT2D eigenvalue weighted by molar-refractivity contribution is -0.137. The third-order valence-electron chi connectivity index (χ3n) is 3.99. The van der Waals surface area contributed by atoms with E-state index in [1.54, 1.807) is 0 Å². The van der Waals surface area contributed by atoms with E-state index in [0.29, 0.717) is 6.54 Å². The van der Waals surface area contributed by atoms with E-state index in [4.69, 9.17) is 4.74 Å². The van der Waals surface area contributed by atoms with Crippen molar-refractivity contribution >= 4 is 0 Å². The second kappa shape index (κ2) is 6.24. The topological polar surface area (TPSA) is 21.3 Å². The Hall–Kier alpha value is -0.290. The van der Waals surface area contributed by atoms with E-state index in [9.17, 15) is 13.2 Å². The molecule has 1 aliphatic heterocycles. The summed E-state index contributed by atoms with van der Waals surface area (Å²) in [7, 11) is 0. The second-order valence-electron chi connectivity index (χ2n) is 5.30. The summed E-state index contributed by atoms with van der Waals surface area (Å²) in [4.78, 5) is 0. The molecule has 1 saturated heterocycles. The Morgan fingerprint density at radius 2 is 1.78 bits per heavy atom. The maximum absolute atomic E-state index is 12.4. The molecule has 5 atom stereocenters. The monoisotopic (exact) mass is 267 g/mol. The molecule has 5 heteroatoms. The van der Waals surface area contributed by atoms with Crippen molar-refractivity contribution in [1.29, 1.82) is 0 Å². The van der Waals surface area contributed by atoms with Gasteiger partial charge in [0.2, 0.25) is 0 Å². The average molecular weight is 267 g/mol. The molecular weight excluding hydrogens is 243 g/mol. The van der Waals surface area contributed by atoms with Crippen LogP contribution >= 0.6 is 0 Å². The van der Waals surface area contributed by atoms with Crippen LogP contribution in [0, 0.1) is 11.8 Å². The third-order valence-corrected chi connectivity index (χ3v) is 3.99. The van der Waals surface area contributed by atoms with Gasteiger partial charge in [-0.2, -0.15) is 13.2 Å². The van der Waals surface area contributed by atoms with Crippen LogP contribution in [0.2, 0.25) is 0 Å². The largest absolute Gasteiger partial charge is 0.389 e.